The quantitative estimate of drug-likeness (QED) is 0.210. The van der Waals surface area contributed by atoms with Gasteiger partial charge in [-0.15, -0.1) is 0 Å². The molecule has 2 atom stereocenters. The summed E-state index contributed by atoms with van der Waals surface area (Å²) in [5, 5.41) is 8.43. The molecule has 3 heterocycles. The Morgan fingerprint density at radius 2 is 1.47 bits per heavy atom. The highest BCUT2D eigenvalue weighted by molar-refractivity contribution is 6.20. The second-order valence-electron chi connectivity index (χ2n) is 12.7. The molecule has 0 bridgehead atoms. The van der Waals surface area contributed by atoms with Crippen molar-refractivity contribution in [2.45, 2.75) is 18.7 Å². The molecule has 0 fully saturated rings. The normalized spacial score (nSPS) is 18.1. The minimum absolute atomic E-state index is 0.153. The molecule has 6 aromatic carbocycles. The number of hydrogen-bond donors (Lipinski definition) is 1. The summed E-state index contributed by atoms with van der Waals surface area (Å²) in [6, 6.07) is 46.9. The minimum Gasteiger partial charge on any atom is -0.476 e. The molecule has 5 heteroatoms. The summed E-state index contributed by atoms with van der Waals surface area (Å²) in [6.07, 6.45) is 8.75. The van der Waals surface area contributed by atoms with Crippen molar-refractivity contribution in [2.75, 3.05) is 0 Å². The van der Waals surface area contributed by atoms with E-state index in [9.17, 15) is 0 Å². The Morgan fingerprint density at radius 3 is 2.37 bits per heavy atom. The molecule has 0 saturated carbocycles. The molecule has 0 radical (unpaired) electrons. The van der Waals surface area contributed by atoms with Crippen LogP contribution in [0.25, 0.3) is 44.0 Å². The van der Waals surface area contributed by atoms with Crippen LogP contribution in [-0.2, 0) is 0 Å². The van der Waals surface area contributed by atoms with E-state index in [1.165, 1.54) is 16.2 Å². The summed E-state index contributed by atoms with van der Waals surface area (Å²) in [5.41, 5.74) is 8.42. The van der Waals surface area contributed by atoms with Gasteiger partial charge in [0.25, 0.3) is 0 Å². The van der Waals surface area contributed by atoms with Crippen LogP contribution in [0.1, 0.15) is 29.3 Å². The van der Waals surface area contributed by atoms with E-state index in [0.717, 1.165) is 73.9 Å². The van der Waals surface area contributed by atoms with Crippen molar-refractivity contribution in [1.29, 1.82) is 0 Å². The summed E-state index contributed by atoms with van der Waals surface area (Å²) in [6.45, 7) is 0. The molecule has 7 aromatic rings. The maximum absolute atomic E-state index is 6.82. The van der Waals surface area contributed by atoms with Gasteiger partial charge in [0.2, 0.25) is 0 Å². The standard InChI is InChI=1S/C44H31N3O2/c1-3-13-29(14-4-1)36-27-37(46-44(45-36)30-15-5-2-6-16-30)31-17-11-18-32(26-31)47-41-33-19-8-7-12-28(33)22-23-34(41)35-24-25-40-43(42(35)47)49-39-21-10-9-20-38(39)48-40/h1-20,22-27,39,44,46H,21H2. The highest BCUT2D eigenvalue weighted by Gasteiger charge is 2.31. The smallest absolute Gasteiger partial charge is 0.187 e. The van der Waals surface area contributed by atoms with Crippen LogP contribution < -0.4 is 14.8 Å². The van der Waals surface area contributed by atoms with Crippen molar-refractivity contribution in [2.24, 2.45) is 4.99 Å². The average Bonchev–Trinajstić information content (AvgIpc) is 3.53. The molecule has 10 rings (SSSR count). The van der Waals surface area contributed by atoms with Crippen LogP contribution in [0.4, 0.5) is 0 Å². The largest absolute Gasteiger partial charge is 0.476 e. The first kappa shape index (κ1) is 27.8. The van der Waals surface area contributed by atoms with Gasteiger partial charge in [-0.2, -0.15) is 0 Å². The third-order valence-corrected chi connectivity index (χ3v) is 9.73. The van der Waals surface area contributed by atoms with Gasteiger partial charge in [0.05, 0.1) is 11.2 Å². The summed E-state index contributed by atoms with van der Waals surface area (Å²) >= 11 is 0. The van der Waals surface area contributed by atoms with Gasteiger partial charge < -0.3 is 19.4 Å². The Bertz CT molecular complexity index is 2560. The summed E-state index contributed by atoms with van der Waals surface area (Å²) in [5.74, 6) is 2.36. The van der Waals surface area contributed by atoms with E-state index in [0.29, 0.717) is 0 Å². The van der Waals surface area contributed by atoms with Gasteiger partial charge in [0.1, 0.15) is 17.4 Å². The second-order valence-corrected chi connectivity index (χ2v) is 12.7. The fraction of sp³-hybridized carbons (Fsp3) is 0.0682. The van der Waals surface area contributed by atoms with Gasteiger partial charge in [-0.3, -0.25) is 4.99 Å². The lowest BCUT2D eigenvalue weighted by molar-refractivity contribution is 0.149. The number of rotatable bonds is 4. The third kappa shape index (κ3) is 4.58. The van der Waals surface area contributed by atoms with Crippen molar-refractivity contribution in [1.82, 2.24) is 9.88 Å². The number of allylic oxidation sites excluding steroid dienone is 3. The van der Waals surface area contributed by atoms with E-state index < -0.39 is 0 Å². The Balaban J connectivity index is 1.19. The highest BCUT2D eigenvalue weighted by atomic mass is 16.6. The van der Waals surface area contributed by atoms with Crippen LogP contribution in [0.15, 0.2) is 169 Å². The van der Waals surface area contributed by atoms with E-state index in [-0.39, 0.29) is 12.3 Å². The number of ether oxygens (including phenoxy) is 2. The fourth-order valence-electron chi connectivity index (χ4n) is 7.41. The van der Waals surface area contributed by atoms with E-state index in [4.69, 9.17) is 14.5 Å². The van der Waals surface area contributed by atoms with Crippen molar-refractivity contribution in [3.05, 3.63) is 180 Å². The lowest BCUT2D eigenvalue weighted by Crippen LogP contribution is -2.28. The summed E-state index contributed by atoms with van der Waals surface area (Å²) in [4.78, 5) is 5.15. The first-order chi connectivity index (χ1) is 24.3. The number of nitrogens with zero attached hydrogens (tertiary/aromatic N) is 2. The van der Waals surface area contributed by atoms with E-state index in [1.807, 2.05) is 30.4 Å². The number of aliphatic imine (C=N–C) groups is 1. The average molecular weight is 634 g/mol. The first-order valence-corrected chi connectivity index (χ1v) is 16.8. The third-order valence-electron chi connectivity index (χ3n) is 9.73. The molecule has 1 N–H and O–H groups in total. The van der Waals surface area contributed by atoms with Crippen molar-refractivity contribution in [3.63, 3.8) is 0 Å². The SMILES string of the molecule is C1=CCC2Oc3c(ccc4c5ccc6ccccc6c5n(-c5cccc(C6=CC(c7ccccc7)=NC(c7ccccc7)N6)c5)c34)OC2=C1. The Labute approximate surface area is 283 Å². The lowest BCUT2D eigenvalue weighted by Gasteiger charge is -2.30. The molecule has 49 heavy (non-hydrogen) atoms. The molecule has 0 spiro atoms. The van der Waals surface area contributed by atoms with Crippen molar-refractivity contribution < 1.29 is 9.47 Å². The maximum atomic E-state index is 6.82. The predicted octanol–water partition coefficient (Wildman–Crippen LogP) is 10.1. The van der Waals surface area contributed by atoms with Gasteiger partial charge in [-0.05, 0) is 58.5 Å². The van der Waals surface area contributed by atoms with Gasteiger partial charge in [-0.1, -0.05) is 121 Å². The zero-order chi connectivity index (χ0) is 32.3. The molecule has 3 aliphatic rings. The first-order valence-electron chi connectivity index (χ1n) is 16.8. The minimum atomic E-state index is -0.221. The van der Waals surface area contributed by atoms with Gasteiger partial charge in [-0.25, -0.2) is 0 Å². The van der Waals surface area contributed by atoms with Gasteiger partial charge in [0.15, 0.2) is 17.6 Å². The molecular formula is C44H31N3O2. The predicted molar refractivity (Wildman–Crippen MR) is 198 cm³/mol. The number of fused-ring (bicyclic) bond motifs is 8. The lowest BCUT2D eigenvalue weighted by atomic mass is 10.0. The molecule has 5 nitrogen and oxygen atoms in total. The van der Waals surface area contributed by atoms with Crippen LogP contribution in [-0.4, -0.2) is 16.4 Å². The maximum Gasteiger partial charge on any atom is 0.187 e. The van der Waals surface area contributed by atoms with Crippen molar-refractivity contribution >= 4 is 44.0 Å². The van der Waals surface area contributed by atoms with Crippen LogP contribution in [0.2, 0.25) is 0 Å². The van der Waals surface area contributed by atoms with E-state index in [1.54, 1.807) is 0 Å². The molecule has 0 saturated heterocycles. The van der Waals surface area contributed by atoms with Crippen LogP contribution in [0.5, 0.6) is 11.5 Å². The zero-order valence-electron chi connectivity index (χ0n) is 26.6. The molecule has 234 valence electrons. The molecule has 1 aromatic heterocycles. The van der Waals surface area contributed by atoms with Gasteiger partial charge in [0, 0.05) is 34.0 Å². The Kier molecular flexibility index (Phi) is 6.31. The summed E-state index contributed by atoms with van der Waals surface area (Å²) in [7, 11) is 0. The Morgan fingerprint density at radius 1 is 0.694 bits per heavy atom. The summed E-state index contributed by atoms with van der Waals surface area (Å²) < 4.78 is 15.7. The van der Waals surface area contributed by atoms with Crippen molar-refractivity contribution in [3.8, 4) is 17.2 Å². The van der Waals surface area contributed by atoms with Crippen LogP contribution >= 0.6 is 0 Å². The van der Waals surface area contributed by atoms with Crippen LogP contribution in [0, 0.1) is 0 Å². The molecule has 2 aliphatic heterocycles. The molecule has 1 aliphatic carbocycles. The fourth-order valence-corrected chi connectivity index (χ4v) is 7.41. The molecule has 2 unspecified atom stereocenters. The zero-order valence-corrected chi connectivity index (χ0v) is 26.6. The Hall–Kier alpha value is -6.33. The molecule has 0 amide bonds. The number of aromatic nitrogens is 1. The second kappa shape index (κ2) is 11.1. The number of hydrogen-bond acceptors (Lipinski definition) is 4. The monoisotopic (exact) mass is 633 g/mol. The van der Waals surface area contributed by atoms with E-state index in [2.05, 4.69) is 137 Å². The number of nitrogens with one attached hydrogen (secondary N) is 1. The highest BCUT2D eigenvalue weighted by Crippen LogP contribution is 2.48. The van der Waals surface area contributed by atoms with E-state index >= 15 is 0 Å². The van der Waals surface area contributed by atoms with Crippen LogP contribution in [0.3, 0.4) is 0 Å². The topological polar surface area (TPSA) is 47.8 Å². The number of benzene rings is 6. The van der Waals surface area contributed by atoms with Gasteiger partial charge >= 0.3 is 0 Å². The molecular weight excluding hydrogens is 603 g/mol.